The van der Waals surface area contributed by atoms with Crippen molar-refractivity contribution < 1.29 is 14.8 Å². The summed E-state index contributed by atoms with van der Waals surface area (Å²) in [6.45, 7) is 4.67. The number of ether oxygens (including phenoxy) is 1. The van der Waals surface area contributed by atoms with Crippen molar-refractivity contribution >= 4 is 23.1 Å². The lowest BCUT2D eigenvalue weighted by Gasteiger charge is -2.12. The van der Waals surface area contributed by atoms with Gasteiger partial charge in [0.1, 0.15) is 5.75 Å². The molecule has 0 spiro atoms. The Morgan fingerprint density at radius 3 is 2.76 bits per heavy atom. The number of hydrogen-bond donors (Lipinski definition) is 2. The largest absolute Gasteiger partial charge is 0.491 e. The van der Waals surface area contributed by atoms with Gasteiger partial charge in [0.2, 0.25) is 0 Å². The quantitative estimate of drug-likeness (QED) is 0.392. The maximum absolute atomic E-state index is 10.9. The molecule has 2 N–H and O–H groups in total. The van der Waals surface area contributed by atoms with Crippen LogP contribution >= 0.6 is 11.8 Å². The van der Waals surface area contributed by atoms with Gasteiger partial charge >= 0.3 is 0 Å². The van der Waals surface area contributed by atoms with E-state index in [1.165, 1.54) is 12.1 Å². The number of nitro benzene ring substituents is 1. The lowest BCUT2D eigenvalue weighted by atomic mass is 10.2. The summed E-state index contributed by atoms with van der Waals surface area (Å²) < 4.78 is 5.53. The van der Waals surface area contributed by atoms with Crippen molar-refractivity contribution in [3.05, 3.63) is 28.3 Å². The average Bonchev–Trinajstić information content (AvgIpc) is 2.41. The maximum atomic E-state index is 10.9. The van der Waals surface area contributed by atoms with E-state index >= 15 is 0 Å². The van der Waals surface area contributed by atoms with Crippen molar-refractivity contribution in [1.82, 2.24) is 0 Å². The standard InChI is InChI=1S/C14H22N2O4S/c1-11(2)20-14-9-12(8-13(10-14)16(18)19)15-4-7-21-6-3-5-17/h8-11,15,17H,3-7H2,1-2H3. The third-order valence-electron chi connectivity index (χ3n) is 2.50. The number of anilines is 1. The zero-order chi connectivity index (χ0) is 15.7. The zero-order valence-electron chi connectivity index (χ0n) is 12.4. The molecule has 6 nitrogen and oxygen atoms in total. The van der Waals surface area contributed by atoms with Crippen molar-refractivity contribution in [2.24, 2.45) is 0 Å². The number of nitro groups is 1. The average molecular weight is 314 g/mol. The predicted octanol–water partition coefficient (Wildman–Crippen LogP) is 2.91. The normalized spacial score (nSPS) is 10.7. The van der Waals surface area contributed by atoms with Crippen molar-refractivity contribution in [3.8, 4) is 5.75 Å². The van der Waals surface area contributed by atoms with Gasteiger partial charge in [-0.3, -0.25) is 10.1 Å². The van der Waals surface area contributed by atoms with E-state index < -0.39 is 4.92 Å². The number of hydrogen-bond acceptors (Lipinski definition) is 6. The summed E-state index contributed by atoms with van der Waals surface area (Å²) in [6, 6.07) is 4.71. The lowest BCUT2D eigenvalue weighted by Crippen LogP contribution is -2.08. The number of aliphatic hydroxyl groups excluding tert-OH is 1. The first kappa shape index (κ1) is 17.6. The Morgan fingerprint density at radius 2 is 2.14 bits per heavy atom. The van der Waals surface area contributed by atoms with Crippen LogP contribution in [0.1, 0.15) is 20.3 Å². The molecule has 0 heterocycles. The second-order valence-electron chi connectivity index (χ2n) is 4.76. The Morgan fingerprint density at radius 1 is 1.38 bits per heavy atom. The molecule has 0 bridgehead atoms. The van der Waals surface area contributed by atoms with E-state index in [2.05, 4.69) is 5.32 Å². The van der Waals surface area contributed by atoms with Gasteiger partial charge in [-0.15, -0.1) is 0 Å². The predicted molar refractivity (Wildman–Crippen MR) is 86.4 cm³/mol. The Labute approximate surface area is 129 Å². The molecule has 0 unspecified atom stereocenters. The monoisotopic (exact) mass is 314 g/mol. The maximum Gasteiger partial charge on any atom is 0.275 e. The number of aliphatic hydroxyl groups is 1. The van der Waals surface area contributed by atoms with Crippen LogP contribution in [0.4, 0.5) is 11.4 Å². The van der Waals surface area contributed by atoms with Gasteiger partial charge < -0.3 is 15.2 Å². The third-order valence-corrected chi connectivity index (χ3v) is 3.57. The van der Waals surface area contributed by atoms with Gasteiger partial charge in [0, 0.05) is 36.7 Å². The van der Waals surface area contributed by atoms with Crippen LogP contribution in [0.25, 0.3) is 0 Å². The van der Waals surface area contributed by atoms with Gasteiger partial charge in [0.05, 0.1) is 17.1 Å². The van der Waals surface area contributed by atoms with Crippen molar-refractivity contribution in [1.29, 1.82) is 0 Å². The summed E-state index contributed by atoms with van der Waals surface area (Å²) in [6.07, 6.45) is 0.752. The Hall–Kier alpha value is -1.47. The molecule has 0 aliphatic carbocycles. The van der Waals surface area contributed by atoms with Gasteiger partial charge in [-0.05, 0) is 26.0 Å². The molecule has 0 aliphatic heterocycles. The number of rotatable bonds is 10. The van der Waals surface area contributed by atoms with Crippen LogP contribution in [0, 0.1) is 10.1 Å². The second kappa shape index (κ2) is 9.46. The van der Waals surface area contributed by atoms with E-state index in [4.69, 9.17) is 9.84 Å². The number of benzene rings is 1. The molecule has 1 aromatic rings. The van der Waals surface area contributed by atoms with Crippen molar-refractivity contribution in [3.63, 3.8) is 0 Å². The van der Waals surface area contributed by atoms with Crippen LogP contribution in [0.5, 0.6) is 5.75 Å². The van der Waals surface area contributed by atoms with E-state index in [1.54, 1.807) is 17.8 Å². The Bertz CT molecular complexity index is 455. The molecule has 1 rings (SSSR count). The fourth-order valence-electron chi connectivity index (χ4n) is 1.67. The van der Waals surface area contributed by atoms with E-state index in [1.807, 2.05) is 13.8 Å². The first-order valence-electron chi connectivity index (χ1n) is 6.91. The summed E-state index contributed by atoms with van der Waals surface area (Å²) in [5.74, 6) is 2.28. The molecule has 0 saturated carbocycles. The Kier molecular flexibility index (Phi) is 7.92. The van der Waals surface area contributed by atoms with E-state index in [-0.39, 0.29) is 18.4 Å². The van der Waals surface area contributed by atoms with Crippen LogP contribution in [-0.4, -0.2) is 40.8 Å². The number of nitrogens with one attached hydrogen (secondary N) is 1. The van der Waals surface area contributed by atoms with Crippen molar-refractivity contribution in [2.45, 2.75) is 26.4 Å². The van der Waals surface area contributed by atoms with Crippen LogP contribution in [0.15, 0.2) is 18.2 Å². The molecule has 21 heavy (non-hydrogen) atoms. The molecule has 0 aromatic heterocycles. The number of nitrogens with zero attached hydrogens (tertiary/aromatic N) is 1. The van der Waals surface area contributed by atoms with Crippen LogP contribution < -0.4 is 10.1 Å². The summed E-state index contributed by atoms with van der Waals surface area (Å²) in [4.78, 5) is 10.5. The SMILES string of the molecule is CC(C)Oc1cc(NCCSCCCO)cc([N+](=O)[O-])c1. The molecule has 0 atom stereocenters. The van der Waals surface area contributed by atoms with Gasteiger partial charge in [-0.1, -0.05) is 0 Å². The highest BCUT2D eigenvalue weighted by Gasteiger charge is 2.11. The first-order chi connectivity index (χ1) is 10.0. The molecule has 118 valence electrons. The summed E-state index contributed by atoms with van der Waals surface area (Å²) in [5, 5.41) is 22.8. The molecular weight excluding hydrogens is 292 g/mol. The number of thioether (sulfide) groups is 1. The highest BCUT2D eigenvalue weighted by atomic mass is 32.2. The minimum Gasteiger partial charge on any atom is -0.491 e. The zero-order valence-corrected chi connectivity index (χ0v) is 13.2. The summed E-state index contributed by atoms with van der Waals surface area (Å²) in [7, 11) is 0. The van der Waals surface area contributed by atoms with E-state index in [0.717, 1.165) is 17.9 Å². The first-order valence-corrected chi connectivity index (χ1v) is 8.07. The minimum absolute atomic E-state index is 0.0172. The number of non-ortho nitro benzene ring substituents is 1. The van der Waals surface area contributed by atoms with E-state index in [9.17, 15) is 10.1 Å². The van der Waals surface area contributed by atoms with Crippen LogP contribution in [0.2, 0.25) is 0 Å². The van der Waals surface area contributed by atoms with Crippen molar-refractivity contribution in [2.75, 3.05) is 30.0 Å². The molecule has 0 aliphatic rings. The highest BCUT2D eigenvalue weighted by molar-refractivity contribution is 7.99. The highest BCUT2D eigenvalue weighted by Crippen LogP contribution is 2.26. The molecule has 1 aromatic carbocycles. The summed E-state index contributed by atoms with van der Waals surface area (Å²) in [5.41, 5.74) is 0.700. The summed E-state index contributed by atoms with van der Waals surface area (Å²) >= 11 is 1.73. The minimum atomic E-state index is -0.422. The van der Waals surface area contributed by atoms with Crippen LogP contribution in [0.3, 0.4) is 0 Å². The fourth-order valence-corrected chi connectivity index (χ4v) is 2.45. The van der Waals surface area contributed by atoms with Gasteiger partial charge in [0.15, 0.2) is 0 Å². The van der Waals surface area contributed by atoms with Crippen LogP contribution in [-0.2, 0) is 0 Å². The molecule has 0 fully saturated rings. The molecule has 0 amide bonds. The molecule has 0 radical (unpaired) electrons. The second-order valence-corrected chi connectivity index (χ2v) is 5.98. The third kappa shape index (κ3) is 7.19. The van der Waals surface area contributed by atoms with E-state index in [0.29, 0.717) is 18.0 Å². The molecule has 0 saturated heterocycles. The Balaban J connectivity index is 2.59. The van der Waals surface area contributed by atoms with Gasteiger partial charge in [-0.2, -0.15) is 11.8 Å². The van der Waals surface area contributed by atoms with Gasteiger partial charge in [0.25, 0.3) is 5.69 Å². The molecule has 7 heteroatoms. The van der Waals surface area contributed by atoms with Gasteiger partial charge in [-0.25, -0.2) is 0 Å². The fraction of sp³-hybridized carbons (Fsp3) is 0.571. The smallest absolute Gasteiger partial charge is 0.275 e. The topological polar surface area (TPSA) is 84.6 Å². The lowest BCUT2D eigenvalue weighted by molar-refractivity contribution is -0.384. The molecular formula is C14H22N2O4S.